The van der Waals surface area contributed by atoms with Gasteiger partial charge in [0.05, 0.1) is 12.2 Å². The van der Waals surface area contributed by atoms with Gasteiger partial charge in [0.15, 0.2) is 0 Å². The number of urea groups is 2. The van der Waals surface area contributed by atoms with Crippen LogP contribution in [0.1, 0.15) is 22.5 Å². The van der Waals surface area contributed by atoms with Crippen molar-refractivity contribution in [1.29, 1.82) is 0 Å². The molecule has 10 heteroatoms. The number of carbonyl (C=O) groups is 3. The molecule has 28 heavy (non-hydrogen) atoms. The zero-order valence-corrected chi connectivity index (χ0v) is 16.4. The normalized spacial score (nSPS) is 16.5. The van der Waals surface area contributed by atoms with Crippen LogP contribution in [0.25, 0.3) is 10.4 Å². The molecule has 2 heterocycles. The van der Waals surface area contributed by atoms with E-state index in [2.05, 4.69) is 5.32 Å². The Morgan fingerprint density at radius 2 is 2.04 bits per heavy atom. The summed E-state index contributed by atoms with van der Waals surface area (Å²) < 4.78 is 5.56. The minimum Gasteiger partial charge on any atom is -0.456 e. The Morgan fingerprint density at radius 1 is 1.25 bits per heavy atom. The number of piperidine rings is 1. The maximum atomic E-state index is 12.7. The van der Waals surface area contributed by atoms with E-state index in [1.54, 1.807) is 24.3 Å². The molecular formula is C18H19ClN4O4S. The number of ether oxygens (including phenoxy) is 1. The molecular weight excluding hydrogens is 404 g/mol. The summed E-state index contributed by atoms with van der Waals surface area (Å²) in [6.07, 6.45) is 0.846. The first kappa shape index (κ1) is 20.0. The predicted octanol–water partition coefficient (Wildman–Crippen LogP) is 3.26. The lowest BCUT2D eigenvalue weighted by Gasteiger charge is -2.31. The average molecular weight is 423 g/mol. The quantitative estimate of drug-likeness (QED) is 0.653. The van der Waals surface area contributed by atoms with Crippen LogP contribution in [-0.4, -0.2) is 42.1 Å². The number of nitrogens with one attached hydrogen (secondary N) is 1. The van der Waals surface area contributed by atoms with Crippen LogP contribution in [0.5, 0.6) is 0 Å². The van der Waals surface area contributed by atoms with Gasteiger partial charge in [-0.2, -0.15) is 0 Å². The smallest absolute Gasteiger partial charge is 0.350 e. The van der Waals surface area contributed by atoms with Crippen LogP contribution < -0.4 is 16.8 Å². The molecule has 1 aromatic carbocycles. The van der Waals surface area contributed by atoms with E-state index in [4.69, 9.17) is 27.8 Å². The highest BCUT2D eigenvalue weighted by Crippen LogP contribution is 2.36. The Labute approximate surface area is 170 Å². The first-order valence-electron chi connectivity index (χ1n) is 8.55. The number of likely N-dealkylation sites (tertiary alicyclic amines) is 1. The van der Waals surface area contributed by atoms with Gasteiger partial charge < -0.3 is 26.4 Å². The lowest BCUT2D eigenvalue weighted by molar-refractivity contribution is 0.0134. The fourth-order valence-electron chi connectivity index (χ4n) is 2.99. The molecule has 1 unspecified atom stereocenters. The molecule has 0 aliphatic carbocycles. The number of thiophene rings is 1. The van der Waals surface area contributed by atoms with Crippen molar-refractivity contribution in [3.63, 3.8) is 0 Å². The maximum absolute atomic E-state index is 12.7. The first-order chi connectivity index (χ1) is 13.3. The first-order valence-corrected chi connectivity index (χ1v) is 9.74. The number of nitrogens with two attached hydrogens (primary N) is 2. The SMILES string of the molecule is NC(=O)Nc1cc(-c2cccc(Cl)c2)sc1C(=O)OC1CCCN(C(N)=O)C1. The summed E-state index contributed by atoms with van der Waals surface area (Å²) in [7, 11) is 0. The number of esters is 1. The highest BCUT2D eigenvalue weighted by molar-refractivity contribution is 7.18. The van der Waals surface area contributed by atoms with Crippen molar-refractivity contribution in [3.05, 3.63) is 40.2 Å². The van der Waals surface area contributed by atoms with E-state index in [1.165, 1.54) is 4.90 Å². The molecule has 4 amide bonds. The summed E-state index contributed by atoms with van der Waals surface area (Å²) in [5.74, 6) is -0.599. The molecule has 1 aliphatic heterocycles. The minimum absolute atomic E-state index is 0.213. The van der Waals surface area contributed by atoms with Crippen molar-refractivity contribution in [1.82, 2.24) is 4.90 Å². The van der Waals surface area contributed by atoms with Crippen LogP contribution in [0.4, 0.5) is 15.3 Å². The number of amides is 4. The summed E-state index contributed by atoms with van der Waals surface area (Å²) in [4.78, 5) is 37.8. The van der Waals surface area contributed by atoms with Crippen LogP contribution in [0.3, 0.4) is 0 Å². The molecule has 0 bridgehead atoms. The monoisotopic (exact) mass is 422 g/mol. The summed E-state index contributed by atoms with van der Waals surface area (Å²) in [5, 5.41) is 3.00. The molecule has 5 N–H and O–H groups in total. The number of anilines is 1. The fraction of sp³-hybridized carbons (Fsp3) is 0.278. The number of halogens is 1. The van der Waals surface area contributed by atoms with E-state index in [9.17, 15) is 14.4 Å². The number of rotatable bonds is 4. The van der Waals surface area contributed by atoms with Crippen LogP contribution in [0.2, 0.25) is 5.02 Å². The van der Waals surface area contributed by atoms with Gasteiger partial charge in [0.2, 0.25) is 0 Å². The molecule has 0 radical (unpaired) electrons. The Morgan fingerprint density at radius 3 is 2.71 bits per heavy atom. The fourth-order valence-corrected chi connectivity index (χ4v) is 4.17. The number of hydrogen-bond acceptors (Lipinski definition) is 5. The molecule has 0 spiro atoms. The number of carbonyl (C=O) groups excluding carboxylic acids is 3. The van der Waals surface area contributed by atoms with Crippen molar-refractivity contribution in [2.24, 2.45) is 11.5 Å². The Kier molecular flexibility index (Phi) is 6.05. The third kappa shape index (κ3) is 4.73. The summed E-state index contributed by atoms with van der Waals surface area (Å²) in [6.45, 7) is 0.780. The second-order valence-electron chi connectivity index (χ2n) is 6.31. The van der Waals surface area contributed by atoms with Crippen LogP contribution >= 0.6 is 22.9 Å². The third-order valence-corrected chi connectivity index (χ3v) is 5.65. The molecule has 1 aromatic heterocycles. The number of nitrogens with zero attached hydrogens (tertiary/aromatic N) is 1. The number of benzene rings is 1. The zero-order chi connectivity index (χ0) is 20.3. The van der Waals surface area contributed by atoms with Gasteiger partial charge in [0.25, 0.3) is 0 Å². The van der Waals surface area contributed by atoms with E-state index in [0.29, 0.717) is 24.4 Å². The Balaban J connectivity index is 1.83. The van der Waals surface area contributed by atoms with Crippen LogP contribution in [-0.2, 0) is 4.74 Å². The van der Waals surface area contributed by atoms with E-state index in [-0.39, 0.29) is 17.1 Å². The zero-order valence-electron chi connectivity index (χ0n) is 14.8. The van der Waals surface area contributed by atoms with Gasteiger partial charge in [0, 0.05) is 16.4 Å². The average Bonchev–Trinajstić information content (AvgIpc) is 3.05. The second kappa shape index (κ2) is 8.49. The molecule has 0 saturated carbocycles. The van der Waals surface area contributed by atoms with Gasteiger partial charge >= 0.3 is 18.0 Å². The topological polar surface area (TPSA) is 128 Å². The summed E-state index contributed by atoms with van der Waals surface area (Å²) >= 11 is 7.20. The molecule has 1 fully saturated rings. The standard InChI is InChI=1S/C18H19ClN4O4S/c19-11-4-1-3-10(7-11)14-8-13(22-17(20)25)15(28-14)16(24)27-12-5-2-6-23(9-12)18(21)26/h1,3-4,7-8,12H,2,5-6,9H2,(H2,21,26)(H3,20,22,25). The van der Waals surface area contributed by atoms with Gasteiger partial charge in [-0.05, 0) is 36.6 Å². The van der Waals surface area contributed by atoms with Crippen molar-refractivity contribution >= 4 is 46.7 Å². The van der Waals surface area contributed by atoms with Gasteiger partial charge in [-0.3, -0.25) is 0 Å². The van der Waals surface area contributed by atoms with Gasteiger partial charge in [-0.25, -0.2) is 14.4 Å². The summed E-state index contributed by atoms with van der Waals surface area (Å²) in [5.41, 5.74) is 11.6. The predicted molar refractivity (Wildman–Crippen MR) is 108 cm³/mol. The second-order valence-corrected chi connectivity index (χ2v) is 7.80. The lowest BCUT2D eigenvalue weighted by Crippen LogP contribution is -2.46. The van der Waals surface area contributed by atoms with E-state index in [1.807, 2.05) is 6.07 Å². The maximum Gasteiger partial charge on any atom is 0.350 e. The van der Waals surface area contributed by atoms with Gasteiger partial charge in [-0.15, -0.1) is 11.3 Å². The van der Waals surface area contributed by atoms with Crippen molar-refractivity contribution in [3.8, 4) is 10.4 Å². The van der Waals surface area contributed by atoms with E-state index < -0.39 is 24.1 Å². The van der Waals surface area contributed by atoms with Crippen molar-refractivity contribution < 1.29 is 19.1 Å². The molecule has 1 saturated heterocycles. The van der Waals surface area contributed by atoms with E-state index >= 15 is 0 Å². The van der Waals surface area contributed by atoms with Gasteiger partial charge in [0.1, 0.15) is 11.0 Å². The highest BCUT2D eigenvalue weighted by atomic mass is 35.5. The molecule has 1 atom stereocenters. The Bertz CT molecular complexity index is 917. The Hall–Kier alpha value is -2.78. The largest absolute Gasteiger partial charge is 0.456 e. The van der Waals surface area contributed by atoms with E-state index in [0.717, 1.165) is 21.8 Å². The molecule has 148 valence electrons. The minimum atomic E-state index is -0.790. The number of primary amides is 2. The van der Waals surface area contributed by atoms with Crippen molar-refractivity contribution in [2.75, 3.05) is 18.4 Å². The molecule has 3 rings (SSSR count). The summed E-state index contributed by atoms with van der Waals surface area (Å²) in [6, 6.07) is 7.43. The molecule has 2 aromatic rings. The van der Waals surface area contributed by atoms with Gasteiger partial charge in [-0.1, -0.05) is 23.7 Å². The van der Waals surface area contributed by atoms with Crippen LogP contribution in [0.15, 0.2) is 30.3 Å². The lowest BCUT2D eigenvalue weighted by atomic mass is 10.1. The van der Waals surface area contributed by atoms with Crippen LogP contribution in [0, 0.1) is 0 Å². The number of hydrogen-bond donors (Lipinski definition) is 3. The highest BCUT2D eigenvalue weighted by Gasteiger charge is 2.27. The van der Waals surface area contributed by atoms with Crippen molar-refractivity contribution in [2.45, 2.75) is 18.9 Å². The third-order valence-electron chi connectivity index (χ3n) is 4.25. The molecule has 8 nitrogen and oxygen atoms in total. The molecule has 1 aliphatic rings.